The fraction of sp³-hybridized carbons (Fsp3) is 0.444. The maximum atomic E-state index is 4.43. The van der Waals surface area contributed by atoms with E-state index < -0.39 is 0 Å². The minimum Gasteiger partial charge on any atom is -0.363 e. The molecular formula is C9H10N4S2. The molecule has 1 N–H and O–H groups in total. The maximum Gasteiger partial charge on any atom is 0.205 e. The number of aromatic nitrogens is 3. The molecule has 78 valence electrons. The average Bonchev–Trinajstić information content (AvgIpc) is 2.84. The molecule has 0 bridgehead atoms. The Bertz CT molecular complexity index is 472. The zero-order valence-corrected chi connectivity index (χ0v) is 9.86. The van der Waals surface area contributed by atoms with Gasteiger partial charge in [0.25, 0.3) is 0 Å². The van der Waals surface area contributed by atoms with Crippen LogP contribution in [0.2, 0.25) is 0 Å². The standard InChI is InChI=1S/C9H10N4S2/c1-10-9-13-12-8(15-9)6-4-11-7(14-6)5-2-3-5/h4-5H,2-3H2,1H3,(H,10,13). The summed E-state index contributed by atoms with van der Waals surface area (Å²) < 4.78 is 0. The molecule has 3 rings (SSSR count). The van der Waals surface area contributed by atoms with Crippen LogP contribution in [0.15, 0.2) is 6.20 Å². The summed E-state index contributed by atoms with van der Waals surface area (Å²) in [5.74, 6) is 0.723. The fourth-order valence-electron chi connectivity index (χ4n) is 1.33. The Labute approximate surface area is 95.4 Å². The number of hydrogen-bond donors (Lipinski definition) is 1. The molecule has 1 aliphatic carbocycles. The van der Waals surface area contributed by atoms with Crippen molar-refractivity contribution in [2.24, 2.45) is 0 Å². The second-order valence-corrected chi connectivity index (χ2v) is 5.54. The monoisotopic (exact) mass is 238 g/mol. The highest BCUT2D eigenvalue weighted by atomic mass is 32.1. The first kappa shape index (κ1) is 9.23. The van der Waals surface area contributed by atoms with E-state index in [4.69, 9.17) is 0 Å². The Morgan fingerprint density at radius 2 is 2.20 bits per heavy atom. The molecule has 2 aromatic heterocycles. The number of anilines is 1. The topological polar surface area (TPSA) is 50.7 Å². The van der Waals surface area contributed by atoms with Crippen molar-refractivity contribution < 1.29 is 0 Å². The van der Waals surface area contributed by atoms with E-state index in [1.165, 1.54) is 17.8 Å². The normalized spacial score (nSPS) is 15.5. The first-order valence-corrected chi connectivity index (χ1v) is 6.47. The molecule has 1 saturated carbocycles. The average molecular weight is 238 g/mol. The van der Waals surface area contributed by atoms with Crippen molar-refractivity contribution in [2.75, 3.05) is 12.4 Å². The zero-order valence-electron chi connectivity index (χ0n) is 8.23. The van der Waals surface area contributed by atoms with E-state index in [0.717, 1.165) is 20.9 Å². The number of thiazole rings is 1. The number of rotatable bonds is 3. The summed E-state index contributed by atoms with van der Waals surface area (Å²) in [6, 6.07) is 0. The molecular weight excluding hydrogens is 228 g/mol. The van der Waals surface area contributed by atoms with Crippen molar-refractivity contribution in [1.29, 1.82) is 0 Å². The predicted octanol–water partition coefficient (Wildman–Crippen LogP) is 2.58. The predicted molar refractivity (Wildman–Crippen MR) is 62.5 cm³/mol. The largest absolute Gasteiger partial charge is 0.363 e. The van der Waals surface area contributed by atoms with E-state index in [9.17, 15) is 0 Å². The first-order chi connectivity index (χ1) is 7.36. The molecule has 0 unspecified atom stereocenters. The maximum absolute atomic E-state index is 4.43. The lowest BCUT2D eigenvalue weighted by molar-refractivity contribution is 1.08. The van der Waals surface area contributed by atoms with E-state index in [1.54, 1.807) is 22.7 Å². The molecule has 2 heterocycles. The van der Waals surface area contributed by atoms with Crippen LogP contribution in [0.1, 0.15) is 23.8 Å². The smallest absolute Gasteiger partial charge is 0.205 e. The molecule has 4 nitrogen and oxygen atoms in total. The molecule has 1 fully saturated rings. The highest BCUT2D eigenvalue weighted by Crippen LogP contribution is 2.43. The summed E-state index contributed by atoms with van der Waals surface area (Å²) >= 11 is 3.32. The van der Waals surface area contributed by atoms with E-state index in [2.05, 4.69) is 20.5 Å². The van der Waals surface area contributed by atoms with Crippen molar-refractivity contribution >= 4 is 27.8 Å². The summed E-state index contributed by atoms with van der Waals surface area (Å²) in [4.78, 5) is 5.56. The Balaban J connectivity index is 1.90. The highest BCUT2D eigenvalue weighted by molar-refractivity contribution is 7.23. The summed E-state index contributed by atoms with van der Waals surface area (Å²) in [5.41, 5.74) is 0. The van der Waals surface area contributed by atoms with Gasteiger partial charge in [0.15, 0.2) is 5.01 Å². The van der Waals surface area contributed by atoms with Gasteiger partial charge in [-0.3, -0.25) is 0 Å². The quantitative estimate of drug-likeness (QED) is 0.893. The SMILES string of the molecule is CNc1nnc(-c2cnc(C3CC3)s2)s1. The molecule has 0 aliphatic heterocycles. The van der Waals surface area contributed by atoms with Gasteiger partial charge in [-0.2, -0.15) is 0 Å². The molecule has 0 saturated heterocycles. The highest BCUT2D eigenvalue weighted by Gasteiger charge is 2.27. The van der Waals surface area contributed by atoms with Gasteiger partial charge in [-0.1, -0.05) is 11.3 Å². The van der Waals surface area contributed by atoms with Crippen LogP contribution >= 0.6 is 22.7 Å². The number of nitrogens with one attached hydrogen (secondary N) is 1. The molecule has 0 amide bonds. The van der Waals surface area contributed by atoms with Gasteiger partial charge in [-0.05, 0) is 12.8 Å². The van der Waals surface area contributed by atoms with E-state index in [1.807, 2.05) is 13.2 Å². The third-order valence-corrected chi connectivity index (χ3v) is 4.57. The van der Waals surface area contributed by atoms with Gasteiger partial charge in [-0.15, -0.1) is 21.5 Å². The van der Waals surface area contributed by atoms with Crippen LogP contribution < -0.4 is 5.32 Å². The van der Waals surface area contributed by atoms with Gasteiger partial charge in [0, 0.05) is 19.2 Å². The number of nitrogens with zero attached hydrogens (tertiary/aromatic N) is 3. The first-order valence-electron chi connectivity index (χ1n) is 4.84. The van der Waals surface area contributed by atoms with Crippen molar-refractivity contribution in [3.05, 3.63) is 11.2 Å². The summed E-state index contributed by atoms with van der Waals surface area (Å²) in [7, 11) is 1.85. The Morgan fingerprint density at radius 1 is 1.33 bits per heavy atom. The Morgan fingerprint density at radius 3 is 2.87 bits per heavy atom. The zero-order chi connectivity index (χ0) is 10.3. The molecule has 2 aromatic rings. The molecule has 1 aliphatic rings. The lowest BCUT2D eigenvalue weighted by Crippen LogP contribution is -1.84. The molecule has 15 heavy (non-hydrogen) atoms. The Hall–Kier alpha value is -1.01. The van der Waals surface area contributed by atoms with E-state index in [0.29, 0.717) is 0 Å². The fourth-order valence-corrected chi connectivity index (χ4v) is 3.15. The van der Waals surface area contributed by atoms with Crippen LogP contribution in [-0.4, -0.2) is 22.2 Å². The molecule has 0 atom stereocenters. The van der Waals surface area contributed by atoms with Gasteiger partial charge in [0.1, 0.15) is 0 Å². The second-order valence-electron chi connectivity index (χ2n) is 3.50. The molecule has 0 spiro atoms. The van der Waals surface area contributed by atoms with Gasteiger partial charge in [0.05, 0.1) is 9.88 Å². The molecule has 6 heteroatoms. The van der Waals surface area contributed by atoms with Crippen LogP contribution in [-0.2, 0) is 0 Å². The molecule has 0 radical (unpaired) electrons. The van der Waals surface area contributed by atoms with Gasteiger partial charge >= 0.3 is 0 Å². The van der Waals surface area contributed by atoms with Crippen LogP contribution in [0.25, 0.3) is 9.88 Å². The van der Waals surface area contributed by atoms with Crippen molar-refractivity contribution in [3.8, 4) is 9.88 Å². The third kappa shape index (κ3) is 1.74. The third-order valence-electron chi connectivity index (χ3n) is 2.30. The van der Waals surface area contributed by atoms with Crippen molar-refractivity contribution in [1.82, 2.24) is 15.2 Å². The van der Waals surface area contributed by atoms with E-state index in [-0.39, 0.29) is 0 Å². The van der Waals surface area contributed by atoms with Crippen molar-refractivity contribution in [3.63, 3.8) is 0 Å². The molecule has 0 aromatic carbocycles. The lowest BCUT2D eigenvalue weighted by atomic mass is 10.5. The van der Waals surface area contributed by atoms with Crippen LogP contribution in [0.3, 0.4) is 0 Å². The number of hydrogen-bond acceptors (Lipinski definition) is 6. The van der Waals surface area contributed by atoms with Crippen LogP contribution in [0.4, 0.5) is 5.13 Å². The lowest BCUT2D eigenvalue weighted by Gasteiger charge is -1.86. The van der Waals surface area contributed by atoms with E-state index >= 15 is 0 Å². The summed E-state index contributed by atoms with van der Waals surface area (Å²) in [6.07, 6.45) is 4.51. The van der Waals surface area contributed by atoms with Gasteiger partial charge in [0.2, 0.25) is 5.13 Å². The summed E-state index contributed by atoms with van der Waals surface area (Å²) in [5, 5.41) is 14.2. The van der Waals surface area contributed by atoms with Crippen molar-refractivity contribution in [2.45, 2.75) is 18.8 Å². The minimum atomic E-state index is 0.723. The van der Waals surface area contributed by atoms with Crippen LogP contribution in [0.5, 0.6) is 0 Å². The minimum absolute atomic E-state index is 0.723. The Kier molecular flexibility index (Phi) is 2.17. The summed E-state index contributed by atoms with van der Waals surface area (Å²) in [6.45, 7) is 0. The van der Waals surface area contributed by atoms with Crippen LogP contribution in [0, 0.1) is 0 Å². The second kappa shape index (κ2) is 3.53. The van der Waals surface area contributed by atoms with Gasteiger partial charge < -0.3 is 5.32 Å². The van der Waals surface area contributed by atoms with Gasteiger partial charge in [-0.25, -0.2) is 4.98 Å².